The van der Waals surface area contributed by atoms with Crippen molar-refractivity contribution in [2.75, 3.05) is 26.2 Å². The van der Waals surface area contributed by atoms with Gasteiger partial charge < -0.3 is 15.1 Å². The molecule has 15 heteroatoms. The lowest BCUT2D eigenvalue weighted by molar-refractivity contribution is -0.190. The molecule has 2 unspecified atom stereocenters. The fourth-order valence-electron chi connectivity index (χ4n) is 7.56. The molecule has 0 radical (unpaired) electrons. The summed E-state index contributed by atoms with van der Waals surface area (Å²) in [6, 6.07) is 9.79. The van der Waals surface area contributed by atoms with E-state index in [9.17, 15) is 35.9 Å². The van der Waals surface area contributed by atoms with Crippen molar-refractivity contribution in [3.8, 4) is 0 Å². The zero-order valence-corrected chi connectivity index (χ0v) is 30.2. The molecule has 2 fully saturated rings. The average Bonchev–Trinajstić information content (AvgIpc) is 3.49. The maximum absolute atomic E-state index is 14.5. The van der Waals surface area contributed by atoms with Crippen LogP contribution in [0.25, 0.3) is 0 Å². The molecule has 290 valence electrons. The highest BCUT2D eigenvalue weighted by atomic mass is 19.4. The van der Waals surface area contributed by atoms with Crippen LogP contribution in [0.15, 0.2) is 53.5 Å². The van der Waals surface area contributed by atoms with E-state index in [1.54, 1.807) is 45.0 Å². The number of nitrogens with one attached hydrogen (secondary N) is 3. The molecule has 5 rings (SSSR count). The van der Waals surface area contributed by atoms with Crippen LogP contribution < -0.4 is 10.8 Å². The third-order valence-electron chi connectivity index (χ3n) is 10.4. The second kappa shape index (κ2) is 16.5. The number of carbonyl (C=O) groups excluding carboxylic acids is 2. The summed E-state index contributed by atoms with van der Waals surface area (Å²) < 4.78 is 85.2. The van der Waals surface area contributed by atoms with Crippen LogP contribution in [0, 0.1) is 17.2 Å². The number of benzene rings is 2. The smallest absolute Gasteiger partial charge is 0.361 e. The summed E-state index contributed by atoms with van der Waals surface area (Å²) in [5, 5.41) is 10.7. The number of likely N-dealkylation sites (tertiary alicyclic amines) is 1. The Labute approximate surface area is 306 Å². The number of halogens is 6. The van der Waals surface area contributed by atoms with Gasteiger partial charge >= 0.3 is 18.3 Å². The van der Waals surface area contributed by atoms with Crippen molar-refractivity contribution >= 4 is 23.5 Å². The first-order valence-electron chi connectivity index (χ1n) is 18.2. The molecular weight excluding hydrogens is 702 g/mol. The number of nitrogens with zero attached hydrogens (tertiary/aromatic N) is 3. The van der Waals surface area contributed by atoms with Crippen LogP contribution in [0.5, 0.6) is 0 Å². The lowest BCUT2D eigenvalue weighted by atomic mass is 9.81. The van der Waals surface area contributed by atoms with Gasteiger partial charge in [0.2, 0.25) is 5.91 Å². The van der Waals surface area contributed by atoms with Gasteiger partial charge in [0, 0.05) is 37.7 Å². The molecule has 0 bridgehead atoms. The van der Waals surface area contributed by atoms with Gasteiger partial charge in [0.25, 0.3) is 0 Å². The first-order chi connectivity index (χ1) is 24.9. The number of amidine groups is 2. The average molecular weight is 751 g/mol. The van der Waals surface area contributed by atoms with Crippen LogP contribution in [-0.2, 0) is 27.0 Å². The minimum absolute atomic E-state index is 0.0187. The number of carbonyl (C=O) groups is 2. The van der Waals surface area contributed by atoms with Crippen molar-refractivity contribution < 1.29 is 40.8 Å². The molecule has 3 N–H and O–H groups in total. The number of rotatable bonds is 11. The van der Waals surface area contributed by atoms with Gasteiger partial charge in [-0.05, 0) is 81.9 Å². The lowest BCUT2D eigenvalue weighted by Crippen LogP contribution is -2.58. The molecule has 1 saturated heterocycles. The van der Waals surface area contributed by atoms with E-state index in [0.29, 0.717) is 79.3 Å². The summed E-state index contributed by atoms with van der Waals surface area (Å²) >= 11 is 0. The van der Waals surface area contributed by atoms with Gasteiger partial charge in [-0.25, -0.2) is 15.3 Å². The normalized spacial score (nSPS) is 19.6. The van der Waals surface area contributed by atoms with Gasteiger partial charge in [-0.2, -0.15) is 26.3 Å². The van der Waals surface area contributed by atoms with Crippen LogP contribution in [0.4, 0.5) is 26.3 Å². The van der Waals surface area contributed by atoms with E-state index >= 15 is 0 Å². The lowest BCUT2D eigenvalue weighted by Gasteiger charge is -2.40. The van der Waals surface area contributed by atoms with Crippen molar-refractivity contribution in [3.05, 3.63) is 70.8 Å². The fourth-order valence-corrected chi connectivity index (χ4v) is 7.56. The second-order valence-electron chi connectivity index (χ2n) is 14.9. The molecular formula is C38H48F6N6O3. The maximum atomic E-state index is 14.5. The van der Waals surface area contributed by atoms with Gasteiger partial charge in [0.1, 0.15) is 6.04 Å². The number of hydrogen-bond donors (Lipinski definition) is 3. The monoisotopic (exact) mass is 750 g/mol. The number of alkyl halides is 6. The van der Waals surface area contributed by atoms with Crippen molar-refractivity contribution in [3.63, 3.8) is 0 Å². The van der Waals surface area contributed by atoms with E-state index in [4.69, 9.17) is 10.2 Å². The van der Waals surface area contributed by atoms with Gasteiger partial charge in [-0.1, -0.05) is 61.7 Å². The number of hydroxylamine groups is 1. The molecule has 53 heavy (non-hydrogen) atoms. The highest BCUT2D eigenvalue weighted by Crippen LogP contribution is 2.36. The minimum Gasteiger partial charge on any atom is -0.361 e. The highest BCUT2D eigenvalue weighted by molar-refractivity contribution is 5.99. The second-order valence-corrected chi connectivity index (χ2v) is 14.9. The number of hydrogen-bond acceptors (Lipinski definition) is 6. The Morgan fingerprint density at radius 1 is 1.02 bits per heavy atom. The number of aliphatic imine (C=N–C) groups is 1. The van der Waals surface area contributed by atoms with Gasteiger partial charge in [0.05, 0.1) is 11.4 Å². The third kappa shape index (κ3) is 10.5. The Morgan fingerprint density at radius 3 is 2.25 bits per heavy atom. The van der Waals surface area contributed by atoms with Crippen molar-refractivity contribution in [1.82, 2.24) is 20.6 Å². The SMILES string of the molecule is CC(=N)N1CCC(CNC(=O)C(C2CCCCC2)N(CC(Cc2ccc(C3=NC(C)(C)ON3)cc2)c2cccc(C(F)(F)F)c2)C(=O)C(F)(F)F)CC1. The molecule has 0 aromatic heterocycles. The van der Waals surface area contributed by atoms with Crippen LogP contribution in [0.2, 0.25) is 0 Å². The first kappa shape index (κ1) is 40.1. The summed E-state index contributed by atoms with van der Waals surface area (Å²) in [7, 11) is 0. The van der Waals surface area contributed by atoms with Crippen LogP contribution in [-0.4, -0.2) is 77.4 Å². The summed E-state index contributed by atoms with van der Waals surface area (Å²) in [5.74, 6) is -3.54. The zero-order valence-electron chi connectivity index (χ0n) is 30.2. The maximum Gasteiger partial charge on any atom is 0.471 e. The number of piperidine rings is 1. The van der Waals surface area contributed by atoms with Crippen molar-refractivity contribution in [2.24, 2.45) is 16.8 Å². The summed E-state index contributed by atoms with van der Waals surface area (Å²) in [4.78, 5) is 39.9. The topological polar surface area (TPSA) is 110 Å². The van der Waals surface area contributed by atoms with E-state index in [0.717, 1.165) is 18.6 Å². The third-order valence-corrected chi connectivity index (χ3v) is 10.4. The zero-order chi connectivity index (χ0) is 38.6. The minimum atomic E-state index is -5.34. The highest BCUT2D eigenvalue weighted by Gasteiger charge is 2.49. The predicted octanol–water partition coefficient (Wildman–Crippen LogP) is 7.21. The first-order valence-corrected chi connectivity index (χ1v) is 18.2. The quantitative estimate of drug-likeness (QED) is 0.128. The number of amides is 2. The van der Waals surface area contributed by atoms with Gasteiger partial charge in [-0.3, -0.25) is 15.0 Å². The van der Waals surface area contributed by atoms with Gasteiger partial charge in [0.15, 0.2) is 11.6 Å². The standard InChI is InChI=1S/C38H48F6N6O3/c1-24(45)49-18-16-26(17-19-49)22-46-34(51)32(27-8-5-4-6-9-27)50(35(52)38(42,43)44)23-30(29-10-7-11-31(21-29)37(39,40)41)20-25-12-14-28(15-13-25)33-47-36(2,3)53-48-33/h7,10-15,21,26-27,30,32,45H,4-6,8-9,16-20,22-23H2,1-3H3,(H,46,51)(H,47,48). The van der Waals surface area contributed by atoms with Crippen LogP contribution >= 0.6 is 0 Å². The van der Waals surface area contributed by atoms with E-state index in [2.05, 4.69) is 15.8 Å². The molecule has 1 saturated carbocycles. The largest absolute Gasteiger partial charge is 0.471 e. The molecule has 3 aliphatic rings. The molecule has 2 heterocycles. The van der Waals surface area contributed by atoms with E-state index in [1.807, 2.05) is 4.90 Å². The fraction of sp³-hybridized carbons (Fsp3) is 0.579. The Bertz CT molecular complexity index is 1630. The molecule has 9 nitrogen and oxygen atoms in total. The van der Waals surface area contributed by atoms with Crippen LogP contribution in [0.1, 0.15) is 93.9 Å². The summed E-state index contributed by atoms with van der Waals surface area (Å²) in [6.45, 7) is 6.03. The predicted molar refractivity (Wildman–Crippen MR) is 188 cm³/mol. The molecule has 2 atom stereocenters. The molecule has 2 amide bonds. The van der Waals surface area contributed by atoms with E-state index < -0.39 is 59.9 Å². The van der Waals surface area contributed by atoms with Gasteiger partial charge in [-0.15, -0.1) is 0 Å². The van der Waals surface area contributed by atoms with Crippen molar-refractivity contribution in [1.29, 1.82) is 5.41 Å². The molecule has 2 aromatic carbocycles. The molecule has 2 aliphatic heterocycles. The molecule has 2 aromatic rings. The Kier molecular flexibility index (Phi) is 12.5. The molecule has 0 spiro atoms. The van der Waals surface area contributed by atoms with E-state index in [1.165, 1.54) is 12.1 Å². The summed E-state index contributed by atoms with van der Waals surface area (Å²) in [6.07, 6.45) is -5.64. The van der Waals surface area contributed by atoms with Crippen molar-refractivity contribution in [2.45, 2.75) is 102 Å². The Morgan fingerprint density at radius 2 is 1.68 bits per heavy atom. The Hall–Kier alpha value is -4.14. The Balaban J connectivity index is 1.48. The summed E-state index contributed by atoms with van der Waals surface area (Å²) in [5.41, 5.74) is 2.35. The van der Waals surface area contributed by atoms with Crippen LogP contribution in [0.3, 0.4) is 0 Å². The molecule has 1 aliphatic carbocycles. The van der Waals surface area contributed by atoms with E-state index in [-0.39, 0.29) is 24.4 Å².